The Bertz CT molecular complexity index is 1210. The zero-order valence-electron chi connectivity index (χ0n) is 15.7. The van der Waals surface area contributed by atoms with Gasteiger partial charge in [-0.2, -0.15) is 5.10 Å². The van der Waals surface area contributed by atoms with E-state index in [1.807, 2.05) is 13.8 Å². The number of nitrogens with zero attached hydrogens (tertiary/aromatic N) is 4. The minimum absolute atomic E-state index is 0.291. The van der Waals surface area contributed by atoms with Crippen molar-refractivity contribution in [2.45, 2.75) is 19.4 Å². The van der Waals surface area contributed by atoms with Crippen LogP contribution in [-0.2, 0) is 7.05 Å². The van der Waals surface area contributed by atoms with Crippen molar-refractivity contribution in [2.75, 3.05) is 6.54 Å². The van der Waals surface area contributed by atoms with E-state index in [4.69, 9.17) is 5.73 Å². The zero-order chi connectivity index (χ0) is 20.1. The Morgan fingerprint density at radius 2 is 2.18 bits per heavy atom. The number of hydrogen-bond acceptors (Lipinski definition) is 5. The molecular formula is C19H20FN7O. The van der Waals surface area contributed by atoms with Gasteiger partial charge in [0.1, 0.15) is 22.7 Å². The number of aromatic nitrogens is 5. The first kappa shape index (κ1) is 18.1. The molecule has 0 saturated heterocycles. The number of aryl methyl sites for hydroxylation is 1. The normalized spacial score (nSPS) is 12.0. The number of hydrogen-bond donors (Lipinski definition) is 3. The smallest absolute Gasteiger partial charge is 0.255 e. The number of fused-ring (bicyclic) bond motifs is 2. The van der Waals surface area contributed by atoms with Gasteiger partial charge < -0.3 is 16.0 Å². The second-order valence-corrected chi connectivity index (χ2v) is 7.33. The Hall–Kier alpha value is -3.33. The molecule has 0 spiro atoms. The molecule has 0 radical (unpaired) electrons. The molecule has 4 N–H and O–H groups in total. The average Bonchev–Trinajstić information content (AvgIpc) is 3.22. The van der Waals surface area contributed by atoms with Crippen LogP contribution in [0.4, 0.5) is 4.39 Å². The fourth-order valence-corrected chi connectivity index (χ4v) is 3.02. The Balaban J connectivity index is 1.82. The number of aromatic amines is 1. The lowest BCUT2D eigenvalue weighted by Gasteiger charge is -2.23. The summed E-state index contributed by atoms with van der Waals surface area (Å²) in [7, 11) is 1.74. The molecule has 4 aromatic rings. The van der Waals surface area contributed by atoms with Crippen molar-refractivity contribution < 1.29 is 9.18 Å². The van der Waals surface area contributed by atoms with Crippen molar-refractivity contribution in [3.8, 4) is 11.4 Å². The predicted molar refractivity (Wildman–Crippen MR) is 104 cm³/mol. The molecular weight excluding hydrogens is 361 g/mol. The molecule has 1 aromatic carbocycles. The van der Waals surface area contributed by atoms with Gasteiger partial charge in [-0.3, -0.25) is 9.48 Å². The number of amides is 1. The first-order valence-corrected chi connectivity index (χ1v) is 8.78. The number of benzene rings is 1. The summed E-state index contributed by atoms with van der Waals surface area (Å²) < 4.78 is 15.2. The summed E-state index contributed by atoms with van der Waals surface area (Å²) >= 11 is 0. The Morgan fingerprint density at radius 3 is 2.93 bits per heavy atom. The third-order valence-electron chi connectivity index (χ3n) is 4.64. The van der Waals surface area contributed by atoms with E-state index in [0.29, 0.717) is 40.2 Å². The molecule has 4 rings (SSSR count). The van der Waals surface area contributed by atoms with Crippen molar-refractivity contribution in [1.82, 2.24) is 30.0 Å². The van der Waals surface area contributed by atoms with E-state index in [1.54, 1.807) is 30.2 Å². The maximum atomic E-state index is 13.6. The standard InChI is InChI=1S/C19H20FN7O/c1-19(2,9-21)25-18(28)12-7-22-17-16(12)24-13(8-23-17)15-11-5-4-10(20)6-14(11)27(3)26-15/h4-8H,9,21H2,1-3H3,(H,22,23)(H,25,28). The van der Waals surface area contributed by atoms with E-state index in [2.05, 4.69) is 25.4 Å². The highest BCUT2D eigenvalue weighted by Crippen LogP contribution is 2.28. The number of nitrogens with one attached hydrogen (secondary N) is 2. The monoisotopic (exact) mass is 381 g/mol. The van der Waals surface area contributed by atoms with Gasteiger partial charge in [-0.15, -0.1) is 0 Å². The fraction of sp³-hybridized carbons (Fsp3) is 0.263. The molecule has 0 unspecified atom stereocenters. The molecule has 0 fully saturated rings. The van der Waals surface area contributed by atoms with E-state index in [1.165, 1.54) is 12.1 Å². The minimum atomic E-state index is -0.549. The maximum absolute atomic E-state index is 13.6. The molecule has 3 aromatic heterocycles. The van der Waals surface area contributed by atoms with Gasteiger partial charge in [0.25, 0.3) is 5.91 Å². The van der Waals surface area contributed by atoms with Gasteiger partial charge in [0, 0.05) is 30.7 Å². The van der Waals surface area contributed by atoms with Gasteiger partial charge in [-0.25, -0.2) is 14.4 Å². The van der Waals surface area contributed by atoms with Gasteiger partial charge in [0.2, 0.25) is 0 Å². The number of carbonyl (C=O) groups is 1. The van der Waals surface area contributed by atoms with Gasteiger partial charge in [0.15, 0.2) is 5.65 Å². The quantitative estimate of drug-likeness (QED) is 0.501. The van der Waals surface area contributed by atoms with Crippen LogP contribution in [0.15, 0.2) is 30.6 Å². The number of carbonyl (C=O) groups excluding carboxylic acids is 1. The van der Waals surface area contributed by atoms with Gasteiger partial charge in [-0.05, 0) is 32.0 Å². The molecule has 1 amide bonds. The van der Waals surface area contributed by atoms with Crippen molar-refractivity contribution >= 4 is 28.0 Å². The summed E-state index contributed by atoms with van der Waals surface area (Å²) in [5, 5.41) is 8.10. The summed E-state index contributed by atoms with van der Waals surface area (Å²) in [5.41, 5.74) is 8.16. The van der Waals surface area contributed by atoms with Crippen molar-refractivity contribution in [3.05, 3.63) is 42.0 Å². The van der Waals surface area contributed by atoms with Crippen LogP contribution in [0, 0.1) is 5.82 Å². The van der Waals surface area contributed by atoms with E-state index in [9.17, 15) is 9.18 Å². The first-order valence-electron chi connectivity index (χ1n) is 8.78. The Morgan fingerprint density at radius 1 is 1.39 bits per heavy atom. The number of rotatable bonds is 4. The third-order valence-corrected chi connectivity index (χ3v) is 4.64. The van der Waals surface area contributed by atoms with Crippen molar-refractivity contribution in [1.29, 1.82) is 0 Å². The molecule has 8 nitrogen and oxygen atoms in total. The number of nitrogens with two attached hydrogens (primary N) is 1. The fourth-order valence-electron chi connectivity index (χ4n) is 3.02. The molecule has 0 bridgehead atoms. The first-order chi connectivity index (χ1) is 13.3. The summed E-state index contributed by atoms with van der Waals surface area (Å²) in [4.78, 5) is 24.6. The van der Waals surface area contributed by atoms with Crippen LogP contribution in [0.5, 0.6) is 0 Å². The Labute approximate surface area is 160 Å². The topological polar surface area (TPSA) is 115 Å². The minimum Gasteiger partial charge on any atom is -0.346 e. The molecule has 0 atom stereocenters. The Kier molecular flexibility index (Phi) is 4.11. The lowest BCUT2D eigenvalue weighted by atomic mass is 10.1. The second-order valence-electron chi connectivity index (χ2n) is 7.33. The van der Waals surface area contributed by atoms with Gasteiger partial charge >= 0.3 is 0 Å². The van der Waals surface area contributed by atoms with E-state index in [-0.39, 0.29) is 11.7 Å². The van der Waals surface area contributed by atoms with Crippen LogP contribution >= 0.6 is 0 Å². The molecule has 3 heterocycles. The van der Waals surface area contributed by atoms with Crippen LogP contribution in [-0.4, -0.2) is 42.7 Å². The zero-order valence-corrected chi connectivity index (χ0v) is 15.7. The lowest BCUT2D eigenvalue weighted by Crippen LogP contribution is -2.48. The largest absolute Gasteiger partial charge is 0.346 e. The van der Waals surface area contributed by atoms with Crippen molar-refractivity contribution in [3.63, 3.8) is 0 Å². The van der Waals surface area contributed by atoms with E-state index >= 15 is 0 Å². The maximum Gasteiger partial charge on any atom is 0.255 e. The predicted octanol–water partition coefficient (Wildman–Crippen LogP) is 2.12. The molecule has 0 aliphatic heterocycles. The molecule has 0 aliphatic rings. The summed E-state index contributed by atoms with van der Waals surface area (Å²) in [6.45, 7) is 3.99. The summed E-state index contributed by atoms with van der Waals surface area (Å²) in [6, 6.07) is 4.46. The molecule has 28 heavy (non-hydrogen) atoms. The average molecular weight is 381 g/mol. The van der Waals surface area contributed by atoms with Crippen LogP contribution in [0.1, 0.15) is 24.2 Å². The number of halogens is 1. The summed E-state index contributed by atoms with van der Waals surface area (Å²) in [6.07, 6.45) is 3.15. The number of H-pyrrole nitrogens is 1. The van der Waals surface area contributed by atoms with Crippen LogP contribution < -0.4 is 11.1 Å². The third kappa shape index (κ3) is 2.99. The van der Waals surface area contributed by atoms with Crippen LogP contribution in [0.3, 0.4) is 0 Å². The van der Waals surface area contributed by atoms with E-state index < -0.39 is 5.54 Å². The molecule has 144 valence electrons. The van der Waals surface area contributed by atoms with Crippen molar-refractivity contribution in [2.24, 2.45) is 12.8 Å². The highest BCUT2D eigenvalue weighted by molar-refractivity contribution is 6.05. The highest BCUT2D eigenvalue weighted by Gasteiger charge is 2.23. The van der Waals surface area contributed by atoms with Crippen LogP contribution in [0.25, 0.3) is 33.5 Å². The summed E-state index contributed by atoms with van der Waals surface area (Å²) in [5.74, 6) is -0.628. The second kappa shape index (κ2) is 6.38. The molecule has 0 aliphatic carbocycles. The van der Waals surface area contributed by atoms with Gasteiger partial charge in [-0.1, -0.05) is 0 Å². The van der Waals surface area contributed by atoms with E-state index in [0.717, 1.165) is 5.39 Å². The van der Waals surface area contributed by atoms with Crippen LogP contribution in [0.2, 0.25) is 0 Å². The SMILES string of the molecule is Cn1nc(-c2cnc3[nH]cc(C(=O)NC(C)(C)CN)c3n2)c2ccc(F)cc21. The highest BCUT2D eigenvalue weighted by atomic mass is 19.1. The molecule has 9 heteroatoms. The lowest BCUT2D eigenvalue weighted by molar-refractivity contribution is 0.0917. The van der Waals surface area contributed by atoms with Gasteiger partial charge in [0.05, 0.1) is 17.3 Å². The molecule has 0 saturated carbocycles.